The number of ether oxygens (including phenoxy) is 1. The molecule has 0 radical (unpaired) electrons. The van der Waals surface area contributed by atoms with Gasteiger partial charge in [-0.25, -0.2) is 10.5 Å². The first kappa shape index (κ1) is 23.0. The first-order valence-electron chi connectivity index (χ1n) is 7.81. The lowest BCUT2D eigenvalue weighted by Crippen LogP contribution is -2.36. The minimum atomic E-state index is -0.861. The third kappa shape index (κ3) is 4.49. The fraction of sp³-hybridized carbons (Fsp3) is 0.0556. The van der Waals surface area contributed by atoms with Crippen molar-refractivity contribution in [1.82, 2.24) is 15.2 Å². The molecule has 0 fully saturated rings. The van der Waals surface area contributed by atoms with Crippen molar-refractivity contribution in [1.29, 1.82) is 0 Å². The molecule has 1 heterocycles. The Balaban J connectivity index is 0.00000300. The zero-order valence-corrected chi connectivity index (χ0v) is 17.9. The van der Waals surface area contributed by atoms with Gasteiger partial charge in [-0.3, -0.25) is 15.0 Å². The topological polar surface area (TPSA) is 99.2 Å². The highest BCUT2D eigenvalue weighted by atomic mass is 35.5. The van der Waals surface area contributed by atoms with Crippen molar-refractivity contribution in [2.45, 2.75) is 0 Å². The van der Waals surface area contributed by atoms with E-state index < -0.39 is 17.0 Å². The van der Waals surface area contributed by atoms with E-state index in [4.69, 9.17) is 45.4 Å². The molecule has 152 valence electrons. The number of hydrogen-bond acceptors (Lipinski definition) is 5. The summed E-state index contributed by atoms with van der Waals surface area (Å²) in [5, 5.41) is 5.38. The molecule has 0 spiro atoms. The summed E-state index contributed by atoms with van der Waals surface area (Å²) < 4.78 is 6.68. The maximum Gasteiger partial charge on any atom is 0.289 e. The van der Waals surface area contributed by atoms with Crippen LogP contribution in [0.2, 0.25) is 15.1 Å². The molecule has 0 saturated heterocycles. The van der Waals surface area contributed by atoms with Crippen LogP contribution in [0.3, 0.4) is 0 Å². The Morgan fingerprint density at radius 1 is 1.10 bits per heavy atom. The number of nitrogens with one attached hydrogen (secondary N) is 1. The molecule has 7 nitrogen and oxygen atoms in total. The van der Waals surface area contributed by atoms with E-state index in [1.54, 1.807) is 36.4 Å². The first-order valence-corrected chi connectivity index (χ1v) is 8.94. The van der Waals surface area contributed by atoms with Gasteiger partial charge in [-0.2, -0.15) is 5.10 Å². The van der Waals surface area contributed by atoms with Gasteiger partial charge in [0.15, 0.2) is 5.75 Å². The van der Waals surface area contributed by atoms with E-state index in [0.29, 0.717) is 21.3 Å². The zero-order chi connectivity index (χ0) is 20.4. The van der Waals surface area contributed by atoms with Crippen LogP contribution in [-0.4, -0.2) is 22.8 Å². The summed E-state index contributed by atoms with van der Waals surface area (Å²) >= 11 is 18.3. The third-order valence-corrected chi connectivity index (χ3v) is 4.66. The van der Waals surface area contributed by atoms with Crippen molar-refractivity contribution in [2.24, 2.45) is 5.84 Å². The van der Waals surface area contributed by atoms with Gasteiger partial charge in [-0.15, -0.1) is 12.4 Å². The Kier molecular flexibility index (Phi) is 7.51. The second-order valence-electron chi connectivity index (χ2n) is 5.55. The van der Waals surface area contributed by atoms with Crippen LogP contribution in [0.1, 0.15) is 10.5 Å². The lowest BCUT2D eigenvalue weighted by Gasteiger charge is -2.18. The molecular formula is C18H14Cl4N4O3. The standard InChI is InChI=1S/C18H13Cl3N4O3.ClH/c1-28-17-15(12-7-4-10(20)8-13(12)21)25(11-5-2-9(19)3-6-11)24-14(16(17)26)18(27)23-22;/h2-8H,22H2,1H3,(H,23,27);1H. The van der Waals surface area contributed by atoms with E-state index in [1.807, 2.05) is 5.43 Å². The molecule has 1 amide bonds. The van der Waals surface area contributed by atoms with E-state index >= 15 is 0 Å². The summed E-state index contributed by atoms with van der Waals surface area (Å²) in [4.78, 5) is 24.9. The molecule has 0 aliphatic rings. The van der Waals surface area contributed by atoms with Gasteiger partial charge in [0.05, 0.1) is 17.8 Å². The van der Waals surface area contributed by atoms with Crippen molar-refractivity contribution in [3.8, 4) is 22.7 Å². The van der Waals surface area contributed by atoms with Crippen LogP contribution in [-0.2, 0) is 0 Å². The number of amides is 1. The summed E-state index contributed by atoms with van der Waals surface area (Å²) in [5.74, 6) is 4.19. The van der Waals surface area contributed by atoms with E-state index in [-0.39, 0.29) is 28.9 Å². The monoisotopic (exact) mass is 474 g/mol. The Hall–Kier alpha value is -2.29. The van der Waals surface area contributed by atoms with Gasteiger partial charge in [0.2, 0.25) is 5.69 Å². The van der Waals surface area contributed by atoms with Gasteiger partial charge >= 0.3 is 0 Å². The number of hydrazine groups is 1. The van der Waals surface area contributed by atoms with Gasteiger partial charge in [0, 0.05) is 15.6 Å². The number of nitrogens with zero attached hydrogens (tertiary/aromatic N) is 2. The zero-order valence-electron chi connectivity index (χ0n) is 14.8. The third-order valence-electron chi connectivity index (χ3n) is 3.86. The normalized spacial score (nSPS) is 10.2. The second kappa shape index (κ2) is 9.47. The highest BCUT2D eigenvalue weighted by Gasteiger charge is 2.25. The minimum absolute atomic E-state index is 0. The van der Waals surface area contributed by atoms with Crippen molar-refractivity contribution in [3.63, 3.8) is 0 Å². The fourth-order valence-corrected chi connectivity index (χ4v) is 3.22. The number of aromatic nitrogens is 2. The molecule has 2 aromatic carbocycles. The Labute approximate surface area is 186 Å². The van der Waals surface area contributed by atoms with Crippen LogP contribution >= 0.6 is 47.2 Å². The van der Waals surface area contributed by atoms with Crippen molar-refractivity contribution >= 4 is 53.1 Å². The molecular weight excluding hydrogens is 462 g/mol. The minimum Gasteiger partial charge on any atom is -0.491 e. The summed E-state index contributed by atoms with van der Waals surface area (Å²) in [6.07, 6.45) is 0. The quantitative estimate of drug-likeness (QED) is 0.338. The highest BCUT2D eigenvalue weighted by Crippen LogP contribution is 2.35. The number of methoxy groups -OCH3 is 1. The molecule has 0 bridgehead atoms. The number of benzene rings is 2. The molecule has 3 rings (SSSR count). The molecule has 3 aromatic rings. The van der Waals surface area contributed by atoms with Crippen molar-refractivity contribution in [2.75, 3.05) is 7.11 Å². The number of halogens is 4. The highest BCUT2D eigenvalue weighted by molar-refractivity contribution is 6.36. The van der Waals surface area contributed by atoms with Crippen LogP contribution in [0.5, 0.6) is 5.75 Å². The second-order valence-corrected chi connectivity index (χ2v) is 6.83. The molecule has 0 aliphatic carbocycles. The number of carbonyl (C=O) groups is 1. The van der Waals surface area contributed by atoms with Crippen LogP contribution in [0, 0.1) is 0 Å². The Morgan fingerprint density at radius 2 is 1.72 bits per heavy atom. The van der Waals surface area contributed by atoms with Crippen LogP contribution in [0.15, 0.2) is 47.3 Å². The molecule has 11 heteroatoms. The molecule has 29 heavy (non-hydrogen) atoms. The number of carbonyl (C=O) groups excluding carboxylic acids is 1. The lowest BCUT2D eigenvalue weighted by atomic mass is 10.1. The summed E-state index contributed by atoms with van der Waals surface area (Å²) in [7, 11) is 1.31. The number of hydrogen-bond donors (Lipinski definition) is 2. The number of rotatable bonds is 4. The summed E-state index contributed by atoms with van der Waals surface area (Å²) in [5.41, 5.74) is 1.91. The van der Waals surface area contributed by atoms with Crippen LogP contribution in [0.4, 0.5) is 0 Å². The van der Waals surface area contributed by atoms with Gasteiger partial charge in [-0.05, 0) is 42.5 Å². The number of nitrogens with two attached hydrogens (primary N) is 1. The molecule has 0 atom stereocenters. The van der Waals surface area contributed by atoms with Crippen molar-refractivity contribution in [3.05, 3.63) is 73.4 Å². The molecule has 0 aliphatic heterocycles. The largest absolute Gasteiger partial charge is 0.491 e. The predicted octanol–water partition coefficient (Wildman–Crippen LogP) is 3.89. The number of nitrogen functional groups attached to an aromatic ring is 1. The average molecular weight is 476 g/mol. The Bertz CT molecular complexity index is 1120. The molecule has 3 N–H and O–H groups in total. The van der Waals surface area contributed by atoms with Gasteiger partial charge in [-0.1, -0.05) is 34.8 Å². The van der Waals surface area contributed by atoms with E-state index in [2.05, 4.69) is 5.10 Å². The smallest absolute Gasteiger partial charge is 0.289 e. The molecule has 1 aromatic heterocycles. The van der Waals surface area contributed by atoms with Gasteiger partial charge < -0.3 is 4.74 Å². The van der Waals surface area contributed by atoms with E-state index in [1.165, 1.54) is 17.9 Å². The summed E-state index contributed by atoms with van der Waals surface area (Å²) in [6, 6.07) is 11.4. The predicted molar refractivity (Wildman–Crippen MR) is 116 cm³/mol. The van der Waals surface area contributed by atoms with E-state index in [0.717, 1.165) is 0 Å². The first-order chi connectivity index (χ1) is 13.4. The fourth-order valence-electron chi connectivity index (χ4n) is 2.60. The maximum absolute atomic E-state index is 12.8. The molecule has 0 unspecified atom stereocenters. The Morgan fingerprint density at radius 3 is 2.28 bits per heavy atom. The van der Waals surface area contributed by atoms with E-state index in [9.17, 15) is 9.59 Å². The average Bonchev–Trinajstić information content (AvgIpc) is 2.68. The van der Waals surface area contributed by atoms with Crippen LogP contribution < -0.4 is 21.4 Å². The van der Waals surface area contributed by atoms with Crippen molar-refractivity contribution < 1.29 is 9.53 Å². The SMILES string of the molecule is COc1c(-c2ccc(Cl)cc2Cl)n(-c2ccc(Cl)cc2)nc(C(=O)NN)c1=O.Cl. The summed E-state index contributed by atoms with van der Waals surface area (Å²) in [6.45, 7) is 0. The van der Waals surface area contributed by atoms with Crippen LogP contribution in [0.25, 0.3) is 16.9 Å². The van der Waals surface area contributed by atoms with Gasteiger partial charge in [0.25, 0.3) is 11.3 Å². The molecule has 0 saturated carbocycles. The van der Waals surface area contributed by atoms with Gasteiger partial charge in [0.1, 0.15) is 5.69 Å². The maximum atomic E-state index is 12.8. The lowest BCUT2D eigenvalue weighted by molar-refractivity contribution is 0.0945.